The van der Waals surface area contributed by atoms with Gasteiger partial charge in [0.25, 0.3) is 0 Å². The van der Waals surface area contributed by atoms with Crippen molar-refractivity contribution in [1.82, 2.24) is 0 Å². The van der Waals surface area contributed by atoms with Gasteiger partial charge < -0.3 is 16.2 Å². The van der Waals surface area contributed by atoms with Crippen LogP contribution in [0.1, 0.15) is 24.9 Å². The van der Waals surface area contributed by atoms with E-state index >= 15 is 0 Å². The van der Waals surface area contributed by atoms with Gasteiger partial charge in [0.05, 0.1) is 6.61 Å². The molecule has 3 nitrogen and oxygen atoms in total. The van der Waals surface area contributed by atoms with Gasteiger partial charge in [0.1, 0.15) is 5.75 Å². The van der Waals surface area contributed by atoms with Crippen LogP contribution in [-0.4, -0.2) is 13.2 Å². The van der Waals surface area contributed by atoms with Gasteiger partial charge in [-0.05, 0) is 24.1 Å². The molecule has 0 bridgehead atoms. The molecular formula is C11H18N2O. The van der Waals surface area contributed by atoms with E-state index in [1.54, 1.807) is 0 Å². The molecule has 1 atom stereocenters. The lowest BCUT2D eigenvalue weighted by Crippen LogP contribution is -2.20. The van der Waals surface area contributed by atoms with Gasteiger partial charge in [0.2, 0.25) is 0 Å². The van der Waals surface area contributed by atoms with Crippen LogP contribution in [0.15, 0.2) is 24.3 Å². The minimum Gasteiger partial charge on any atom is -0.494 e. The van der Waals surface area contributed by atoms with Gasteiger partial charge >= 0.3 is 0 Å². The topological polar surface area (TPSA) is 61.3 Å². The van der Waals surface area contributed by atoms with E-state index in [0.717, 1.165) is 24.3 Å². The number of hydrogen-bond acceptors (Lipinski definition) is 3. The first-order valence-corrected chi connectivity index (χ1v) is 4.96. The van der Waals surface area contributed by atoms with Crippen LogP contribution in [0.25, 0.3) is 0 Å². The largest absolute Gasteiger partial charge is 0.494 e. The summed E-state index contributed by atoms with van der Waals surface area (Å²) >= 11 is 0. The van der Waals surface area contributed by atoms with Crippen molar-refractivity contribution in [2.24, 2.45) is 11.5 Å². The number of rotatable bonds is 5. The van der Waals surface area contributed by atoms with Crippen molar-refractivity contribution in [2.75, 3.05) is 13.2 Å². The molecule has 1 aromatic rings. The van der Waals surface area contributed by atoms with E-state index in [1.165, 1.54) is 0 Å². The summed E-state index contributed by atoms with van der Waals surface area (Å²) in [4.78, 5) is 0. The summed E-state index contributed by atoms with van der Waals surface area (Å²) in [5.41, 5.74) is 12.3. The van der Waals surface area contributed by atoms with E-state index in [-0.39, 0.29) is 6.04 Å². The van der Waals surface area contributed by atoms with E-state index in [9.17, 15) is 0 Å². The number of nitrogens with two attached hydrogens (primary N) is 2. The second-order valence-corrected chi connectivity index (χ2v) is 3.26. The molecule has 0 spiro atoms. The summed E-state index contributed by atoms with van der Waals surface area (Å²) in [6.07, 6.45) is 1.01. The Bertz CT molecular complexity index is 276. The highest BCUT2D eigenvalue weighted by Gasteiger charge is 2.03. The highest BCUT2D eigenvalue weighted by Crippen LogP contribution is 2.17. The van der Waals surface area contributed by atoms with Crippen LogP contribution in [0.5, 0.6) is 5.75 Å². The van der Waals surface area contributed by atoms with Crippen LogP contribution in [0.4, 0.5) is 0 Å². The molecule has 0 aliphatic rings. The van der Waals surface area contributed by atoms with Gasteiger partial charge in [-0.1, -0.05) is 19.1 Å². The van der Waals surface area contributed by atoms with Gasteiger partial charge in [-0.3, -0.25) is 0 Å². The molecule has 0 aliphatic carbocycles. The molecule has 1 aromatic carbocycles. The van der Waals surface area contributed by atoms with Crippen LogP contribution < -0.4 is 16.2 Å². The summed E-state index contributed by atoms with van der Waals surface area (Å²) in [5.74, 6) is 0.869. The van der Waals surface area contributed by atoms with Crippen molar-refractivity contribution in [3.63, 3.8) is 0 Å². The highest BCUT2D eigenvalue weighted by molar-refractivity contribution is 5.30. The highest BCUT2D eigenvalue weighted by atomic mass is 16.5. The Morgan fingerprint density at radius 1 is 1.43 bits per heavy atom. The molecule has 14 heavy (non-hydrogen) atoms. The second-order valence-electron chi connectivity index (χ2n) is 3.26. The van der Waals surface area contributed by atoms with Crippen LogP contribution >= 0.6 is 0 Å². The summed E-state index contributed by atoms with van der Waals surface area (Å²) < 4.78 is 5.49. The molecule has 0 heterocycles. The van der Waals surface area contributed by atoms with Crippen LogP contribution in [-0.2, 0) is 0 Å². The van der Waals surface area contributed by atoms with Gasteiger partial charge in [0.15, 0.2) is 0 Å². The minimum absolute atomic E-state index is 0.0971. The zero-order valence-corrected chi connectivity index (χ0v) is 8.57. The van der Waals surface area contributed by atoms with Crippen molar-refractivity contribution >= 4 is 0 Å². The van der Waals surface area contributed by atoms with Gasteiger partial charge in [-0.15, -0.1) is 0 Å². The van der Waals surface area contributed by atoms with E-state index in [2.05, 4.69) is 6.92 Å². The third kappa shape index (κ3) is 3.01. The predicted octanol–water partition coefficient (Wildman–Crippen LogP) is 1.43. The van der Waals surface area contributed by atoms with Crippen molar-refractivity contribution in [1.29, 1.82) is 0 Å². The lowest BCUT2D eigenvalue weighted by molar-refractivity contribution is 0.317. The molecule has 1 unspecified atom stereocenters. The molecule has 4 N–H and O–H groups in total. The quantitative estimate of drug-likeness (QED) is 0.745. The van der Waals surface area contributed by atoms with E-state index in [0.29, 0.717) is 6.54 Å². The van der Waals surface area contributed by atoms with Gasteiger partial charge in [-0.2, -0.15) is 0 Å². The fraction of sp³-hybridized carbons (Fsp3) is 0.455. The zero-order valence-electron chi connectivity index (χ0n) is 8.57. The van der Waals surface area contributed by atoms with E-state index < -0.39 is 0 Å². The summed E-state index contributed by atoms with van der Waals surface area (Å²) in [7, 11) is 0. The summed E-state index contributed by atoms with van der Waals surface area (Å²) in [6, 6.07) is 7.70. The monoisotopic (exact) mass is 194 g/mol. The lowest BCUT2D eigenvalue weighted by atomic mass is 10.1. The molecule has 0 saturated heterocycles. The van der Waals surface area contributed by atoms with Crippen molar-refractivity contribution in [3.8, 4) is 5.75 Å². The maximum atomic E-state index is 5.81. The smallest absolute Gasteiger partial charge is 0.119 e. The van der Waals surface area contributed by atoms with Crippen molar-refractivity contribution in [3.05, 3.63) is 29.8 Å². The molecule has 0 amide bonds. The molecule has 3 heteroatoms. The maximum Gasteiger partial charge on any atom is 0.119 e. The van der Waals surface area contributed by atoms with Crippen LogP contribution in [0, 0.1) is 0 Å². The number of benzene rings is 1. The number of hydrogen-bond donors (Lipinski definition) is 2. The molecule has 0 aromatic heterocycles. The Morgan fingerprint density at radius 3 is 2.86 bits per heavy atom. The third-order valence-corrected chi connectivity index (χ3v) is 2.01. The molecule has 78 valence electrons. The third-order valence-electron chi connectivity index (χ3n) is 2.01. The molecular weight excluding hydrogens is 176 g/mol. The Labute approximate surface area is 85.0 Å². The Balaban J connectivity index is 2.68. The maximum absolute atomic E-state index is 5.81. The van der Waals surface area contributed by atoms with Crippen LogP contribution in [0.3, 0.4) is 0 Å². The Kier molecular flexibility index (Phi) is 4.43. The van der Waals surface area contributed by atoms with Gasteiger partial charge in [-0.25, -0.2) is 0 Å². The number of ether oxygens (including phenoxy) is 1. The molecule has 0 radical (unpaired) electrons. The average molecular weight is 194 g/mol. The summed E-state index contributed by atoms with van der Waals surface area (Å²) in [5, 5.41) is 0. The van der Waals surface area contributed by atoms with Crippen molar-refractivity contribution < 1.29 is 4.74 Å². The fourth-order valence-corrected chi connectivity index (χ4v) is 1.19. The Morgan fingerprint density at radius 2 is 2.21 bits per heavy atom. The lowest BCUT2D eigenvalue weighted by Gasteiger charge is -2.11. The Hall–Kier alpha value is -1.06. The predicted molar refractivity (Wildman–Crippen MR) is 58.2 cm³/mol. The van der Waals surface area contributed by atoms with Crippen LogP contribution in [0.2, 0.25) is 0 Å². The average Bonchev–Trinajstić information content (AvgIpc) is 2.25. The SMILES string of the molecule is CCCOc1cccc(C(N)CN)c1. The first-order chi connectivity index (χ1) is 6.77. The molecule has 0 aliphatic heterocycles. The second kappa shape index (κ2) is 5.62. The standard InChI is InChI=1S/C11H18N2O/c1-2-6-14-10-5-3-4-9(7-10)11(13)8-12/h3-5,7,11H,2,6,8,12-13H2,1H3. The normalized spacial score (nSPS) is 12.5. The minimum atomic E-state index is -0.0971. The summed E-state index contributed by atoms with van der Waals surface area (Å²) in [6.45, 7) is 3.27. The fourth-order valence-electron chi connectivity index (χ4n) is 1.19. The first kappa shape index (κ1) is 11.0. The molecule has 1 rings (SSSR count). The van der Waals surface area contributed by atoms with E-state index in [1.807, 2.05) is 24.3 Å². The molecule has 0 fully saturated rings. The molecule has 0 saturated carbocycles. The zero-order chi connectivity index (χ0) is 10.4. The van der Waals surface area contributed by atoms with Crippen molar-refractivity contribution in [2.45, 2.75) is 19.4 Å². The van der Waals surface area contributed by atoms with E-state index in [4.69, 9.17) is 16.2 Å². The van der Waals surface area contributed by atoms with Gasteiger partial charge in [0, 0.05) is 12.6 Å². The first-order valence-electron chi connectivity index (χ1n) is 4.96.